The highest BCUT2D eigenvalue weighted by molar-refractivity contribution is 7.89. The average Bonchev–Trinajstić information content (AvgIpc) is 2.46. The molecule has 1 saturated heterocycles. The number of esters is 1. The molecule has 0 bridgehead atoms. The molecule has 1 aromatic rings. The molecule has 0 N–H and O–H groups in total. The van der Waals surface area contributed by atoms with Crippen molar-refractivity contribution in [1.82, 2.24) is 4.31 Å². The van der Waals surface area contributed by atoms with E-state index in [1.165, 1.54) is 6.07 Å². The lowest BCUT2D eigenvalue weighted by Gasteiger charge is -2.32. The van der Waals surface area contributed by atoms with Gasteiger partial charge in [0.2, 0.25) is 10.0 Å². The van der Waals surface area contributed by atoms with Crippen LogP contribution in [-0.2, 0) is 24.3 Å². The minimum atomic E-state index is -4.19. The summed E-state index contributed by atoms with van der Waals surface area (Å²) in [5.41, 5.74) is 0. The maximum atomic E-state index is 13.9. The van der Waals surface area contributed by atoms with E-state index in [2.05, 4.69) is 4.74 Å². The summed E-state index contributed by atoms with van der Waals surface area (Å²) >= 11 is 5.61. The normalized spacial score (nSPS) is 20.2. The van der Waals surface area contributed by atoms with E-state index in [4.69, 9.17) is 16.3 Å². The van der Waals surface area contributed by atoms with Crippen LogP contribution in [0.1, 0.15) is 0 Å². The van der Waals surface area contributed by atoms with E-state index >= 15 is 0 Å². The lowest BCUT2D eigenvalue weighted by atomic mass is 10.3. The second-order valence-electron chi connectivity index (χ2n) is 4.30. The SMILES string of the molecule is COC(=O)C1COCCN1S(=O)(=O)c1ccc(Cl)cc1F. The molecule has 0 spiro atoms. The average molecular weight is 338 g/mol. The van der Waals surface area contributed by atoms with Crippen LogP contribution in [0.25, 0.3) is 0 Å². The first kappa shape index (κ1) is 16.2. The summed E-state index contributed by atoms with van der Waals surface area (Å²) in [5.74, 6) is -1.73. The number of hydrogen-bond acceptors (Lipinski definition) is 5. The number of hydrogen-bond donors (Lipinski definition) is 0. The van der Waals surface area contributed by atoms with Gasteiger partial charge in [0.1, 0.15) is 16.8 Å². The second-order valence-corrected chi connectivity index (χ2v) is 6.60. The molecule has 6 nitrogen and oxygen atoms in total. The number of rotatable bonds is 3. The van der Waals surface area contributed by atoms with Gasteiger partial charge in [-0.1, -0.05) is 11.6 Å². The van der Waals surface area contributed by atoms with Crippen LogP contribution in [0.2, 0.25) is 5.02 Å². The number of nitrogens with zero attached hydrogens (tertiary/aromatic N) is 1. The van der Waals surface area contributed by atoms with E-state index in [0.717, 1.165) is 23.5 Å². The third-order valence-electron chi connectivity index (χ3n) is 3.03. The molecule has 116 valence electrons. The third kappa shape index (κ3) is 3.18. The van der Waals surface area contributed by atoms with Gasteiger partial charge in [0, 0.05) is 11.6 Å². The lowest BCUT2D eigenvalue weighted by Crippen LogP contribution is -2.52. The summed E-state index contributed by atoms with van der Waals surface area (Å²) in [7, 11) is -3.05. The molecule has 1 unspecified atom stereocenters. The minimum absolute atomic E-state index is 0.0653. The Kier molecular flexibility index (Phi) is 4.82. The van der Waals surface area contributed by atoms with Gasteiger partial charge in [-0.2, -0.15) is 4.31 Å². The van der Waals surface area contributed by atoms with Crippen LogP contribution < -0.4 is 0 Å². The molecule has 0 radical (unpaired) electrons. The van der Waals surface area contributed by atoms with Crippen LogP contribution in [-0.4, -0.2) is 51.6 Å². The van der Waals surface area contributed by atoms with Crippen LogP contribution in [0.5, 0.6) is 0 Å². The fourth-order valence-corrected chi connectivity index (χ4v) is 3.76. The minimum Gasteiger partial charge on any atom is -0.468 e. The molecule has 1 atom stereocenters. The summed E-state index contributed by atoms with van der Waals surface area (Å²) in [6.45, 7) is -0.0901. The number of ether oxygens (including phenoxy) is 2. The monoisotopic (exact) mass is 337 g/mol. The Bertz CT molecular complexity index is 651. The molecule has 9 heteroatoms. The molecule has 0 amide bonds. The number of halogens is 2. The quantitative estimate of drug-likeness (QED) is 0.771. The molecule has 1 aromatic carbocycles. The topological polar surface area (TPSA) is 72.9 Å². The Hall–Kier alpha value is -1.22. The Morgan fingerprint density at radius 3 is 2.86 bits per heavy atom. The molecule has 1 heterocycles. The fourth-order valence-electron chi connectivity index (χ4n) is 2.01. The van der Waals surface area contributed by atoms with E-state index in [0.29, 0.717) is 0 Å². The summed E-state index contributed by atoms with van der Waals surface area (Å²) in [6.07, 6.45) is 0. The van der Waals surface area contributed by atoms with Crippen molar-refractivity contribution in [1.29, 1.82) is 0 Å². The van der Waals surface area contributed by atoms with E-state index in [9.17, 15) is 17.6 Å². The molecular weight excluding hydrogens is 325 g/mol. The molecule has 0 aliphatic carbocycles. The van der Waals surface area contributed by atoms with Crippen LogP contribution in [0.15, 0.2) is 23.1 Å². The van der Waals surface area contributed by atoms with Gasteiger partial charge in [0.15, 0.2) is 0 Å². The van der Waals surface area contributed by atoms with Crippen molar-refractivity contribution >= 4 is 27.6 Å². The van der Waals surface area contributed by atoms with Crippen molar-refractivity contribution in [3.63, 3.8) is 0 Å². The van der Waals surface area contributed by atoms with Crippen LogP contribution >= 0.6 is 11.6 Å². The number of carbonyl (C=O) groups excluding carboxylic acids is 1. The van der Waals surface area contributed by atoms with Crippen molar-refractivity contribution in [2.24, 2.45) is 0 Å². The molecule has 1 aliphatic heterocycles. The van der Waals surface area contributed by atoms with Crippen molar-refractivity contribution < 1.29 is 27.1 Å². The van der Waals surface area contributed by atoms with Crippen LogP contribution in [0.4, 0.5) is 4.39 Å². The first-order valence-corrected chi connectivity index (χ1v) is 7.82. The highest BCUT2D eigenvalue weighted by Gasteiger charge is 2.40. The number of benzene rings is 1. The number of sulfonamides is 1. The van der Waals surface area contributed by atoms with Crippen molar-refractivity contribution in [3.8, 4) is 0 Å². The third-order valence-corrected chi connectivity index (χ3v) is 5.21. The maximum absolute atomic E-state index is 13.9. The Balaban J connectivity index is 2.43. The molecule has 1 aliphatic rings. The highest BCUT2D eigenvalue weighted by Crippen LogP contribution is 2.25. The summed E-state index contributed by atoms with van der Waals surface area (Å²) < 4.78 is 49.5. The van der Waals surface area contributed by atoms with Gasteiger partial charge < -0.3 is 9.47 Å². The molecule has 21 heavy (non-hydrogen) atoms. The van der Waals surface area contributed by atoms with Crippen molar-refractivity contribution in [2.45, 2.75) is 10.9 Å². The van der Waals surface area contributed by atoms with Gasteiger partial charge in [-0.25, -0.2) is 12.8 Å². The lowest BCUT2D eigenvalue weighted by molar-refractivity contribution is -0.149. The summed E-state index contributed by atoms with van der Waals surface area (Å²) in [4.78, 5) is 11.1. The zero-order valence-corrected chi connectivity index (χ0v) is 12.7. The van der Waals surface area contributed by atoms with Gasteiger partial charge >= 0.3 is 5.97 Å². The fraction of sp³-hybridized carbons (Fsp3) is 0.417. The molecule has 0 aromatic heterocycles. The summed E-state index contributed by atoms with van der Waals surface area (Å²) in [6, 6.07) is 2.10. The predicted octanol–water partition coefficient (Wildman–Crippen LogP) is 1.04. The number of carbonyl (C=O) groups is 1. The van der Waals surface area contributed by atoms with E-state index in [1.54, 1.807) is 0 Å². The standard InChI is InChI=1S/C12H13ClFNO5S/c1-19-12(16)10-7-20-5-4-15(10)21(17,18)11-3-2-8(13)6-9(11)14/h2-3,6,10H,4-5,7H2,1H3. The zero-order valence-electron chi connectivity index (χ0n) is 11.1. The molecule has 0 saturated carbocycles. The zero-order chi connectivity index (χ0) is 15.6. The second kappa shape index (κ2) is 6.27. The first-order valence-electron chi connectivity index (χ1n) is 6.00. The number of methoxy groups -OCH3 is 1. The van der Waals surface area contributed by atoms with E-state index in [-0.39, 0.29) is 24.8 Å². The van der Waals surface area contributed by atoms with Crippen molar-refractivity contribution in [2.75, 3.05) is 26.9 Å². The van der Waals surface area contributed by atoms with E-state index in [1.807, 2.05) is 0 Å². The van der Waals surface area contributed by atoms with Crippen LogP contribution in [0, 0.1) is 5.82 Å². The van der Waals surface area contributed by atoms with Crippen LogP contribution in [0.3, 0.4) is 0 Å². The predicted molar refractivity (Wildman–Crippen MR) is 71.9 cm³/mol. The largest absolute Gasteiger partial charge is 0.468 e. The van der Waals surface area contributed by atoms with Crippen molar-refractivity contribution in [3.05, 3.63) is 29.0 Å². The Morgan fingerprint density at radius 1 is 1.52 bits per heavy atom. The highest BCUT2D eigenvalue weighted by atomic mass is 35.5. The van der Waals surface area contributed by atoms with Gasteiger partial charge in [0.05, 0.1) is 20.3 Å². The van der Waals surface area contributed by atoms with Gasteiger partial charge in [-0.15, -0.1) is 0 Å². The first-order chi connectivity index (χ1) is 9.87. The van der Waals surface area contributed by atoms with Gasteiger partial charge in [-0.3, -0.25) is 4.79 Å². The van der Waals surface area contributed by atoms with Gasteiger partial charge in [-0.05, 0) is 18.2 Å². The Morgan fingerprint density at radius 2 is 2.24 bits per heavy atom. The molecule has 1 fully saturated rings. The van der Waals surface area contributed by atoms with E-state index < -0.39 is 32.7 Å². The number of morpholine rings is 1. The smallest absolute Gasteiger partial charge is 0.326 e. The Labute approximate surface area is 126 Å². The molecular formula is C12H13ClFNO5S. The molecule has 2 rings (SSSR count). The summed E-state index contributed by atoms with van der Waals surface area (Å²) in [5, 5.41) is 0.0814. The van der Waals surface area contributed by atoms with Gasteiger partial charge in [0.25, 0.3) is 0 Å². The maximum Gasteiger partial charge on any atom is 0.326 e.